The van der Waals surface area contributed by atoms with Gasteiger partial charge in [0.25, 0.3) is 0 Å². The number of carbonyl (C=O) groups is 1. The Hall–Kier alpha value is -3.14. The van der Waals surface area contributed by atoms with E-state index in [1.807, 2.05) is 54.7 Å². The summed E-state index contributed by atoms with van der Waals surface area (Å²) in [6.45, 7) is 2.77. The first kappa shape index (κ1) is 18.2. The van der Waals surface area contributed by atoms with Crippen LogP contribution >= 0.6 is 0 Å². The second-order valence-corrected chi connectivity index (χ2v) is 7.41. The van der Waals surface area contributed by atoms with Gasteiger partial charge in [-0.3, -0.25) is 9.79 Å². The monoisotopic (exact) mass is 371 g/mol. The van der Waals surface area contributed by atoms with Crippen molar-refractivity contribution in [3.63, 3.8) is 0 Å². The van der Waals surface area contributed by atoms with E-state index in [1.54, 1.807) is 0 Å². The highest BCUT2D eigenvalue weighted by molar-refractivity contribution is 5.91. The Kier molecular flexibility index (Phi) is 4.86. The lowest BCUT2D eigenvalue weighted by Gasteiger charge is -2.33. The molecule has 0 bridgehead atoms. The van der Waals surface area contributed by atoms with Crippen molar-refractivity contribution in [1.29, 1.82) is 0 Å². The Bertz CT molecular complexity index is 1070. The predicted octanol–water partition coefficient (Wildman–Crippen LogP) is 2.75. The number of rotatable bonds is 6. The third-order valence-electron chi connectivity index (χ3n) is 5.70. The topological polar surface area (TPSA) is 58.7 Å². The van der Waals surface area contributed by atoms with Crippen molar-refractivity contribution in [1.82, 2.24) is 4.90 Å². The van der Waals surface area contributed by atoms with E-state index < -0.39 is 5.41 Å². The molecule has 2 heterocycles. The summed E-state index contributed by atoms with van der Waals surface area (Å²) in [4.78, 5) is 19.7. The average molecular weight is 371 g/mol. The lowest BCUT2D eigenvalue weighted by molar-refractivity contribution is -0.122. The van der Waals surface area contributed by atoms with Crippen molar-refractivity contribution >= 4 is 12.1 Å². The van der Waals surface area contributed by atoms with Gasteiger partial charge in [-0.1, -0.05) is 68.3 Å². The van der Waals surface area contributed by atoms with Gasteiger partial charge < -0.3 is 10.6 Å². The summed E-state index contributed by atoms with van der Waals surface area (Å²) in [5.74, 6) is -0.283. The Morgan fingerprint density at radius 2 is 1.89 bits per heavy atom. The molecule has 2 aromatic rings. The van der Waals surface area contributed by atoms with Gasteiger partial charge in [0, 0.05) is 18.0 Å². The van der Waals surface area contributed by atoms with Gasteiger partial charge in [0.05, 0.1) is 22.7 Å². The Labute approximate surface area is 165 Å². The van der Waals surface area contributed by atoms with Gasteiger partial charge in [-0.15, -0.1) is 0 Å². The first-order valence-corrected chi connectivity index (χ1v) is 9.83. The van der Waals surface area contributed by atoms with Crippen LogP contribution in [0.3, 0.4) is 0 Å². The van der Waals surface area contributed by atoms with Crippen LogP contribution in [0.25, 0.3) is 6.20 Å². The van der Waals surface area contributed by atoms with Crippen LogP contribution in [-0.4, -0.2) is 17.4 Å². The predicted molar refractivity (Wildman–Crippen MR) is 111 cm³/mol. The number of amides is 1. The van der Waals surface area contributed by atoms with Crippen LogP contribution in [0.2, 0.25) is 0 Å². The van der Waals surface area contributed by atoms with E-state index in [2.05, 4.69) is 35.2 Å². The molecule has 0 fully saturated rings. The number of unbranched alkanes of at least 4 members (excludes halogenated alkanes) is 1. The number of benzene rings is 2. The lowest BCUT2D eigenvalue weighted by atomic mass is 9.70. The van der Waals surface area contributed by atoms with Crippen LogP contribution in [0.4, 0.5) is 0 Å². The van der Waals surface area contributed by atoms with Crippen molar-refractivity contribution in [3.8, 4) is 0 Å². The largest absolute Gasteiger partial charge is 0.369 e. The van der Waals surface area contributed by atoms with Gasteiger partial charge in [-0.05, 0) is 29.7 Å². The molecule has 1 amide bonds. The number of allylic oxidation sites excluding steroid dienone is 1. The van der Waals surface area contributed by atoms with Gasteiger partial charge in [0.2, 0.25) is 5.91 Å². The number of nitrogens with two attached hydrogens (primary N) is 1. The van der Waals surface area contributed by atoms with Crippen LogP contribution in [0.1, 0.15) is 31.7 Å². The highest BCUT2D eigenvalue weighted by Gasteiger charge is 2.44. The second-order valence-electron chi connectivity index (χ2n) is 7.41. The number of para-hydroxylation sites is 1. The van der Waals surface area contributed by atoms with E-state index in [4.69, 9.17) is 5.73 Å². The highest BCUT2D eigenvalue weighted by Crippen LogP contribution is 2.41. The number of fused-ring (bicyclic) bond motifs is 2. The van der Waals surface area contributed by atoms with Crippen LogP contribution in [-0.2, 0) is 10.2 Å². The molecule has 2 aliphatic rings. The van der Waals surface area contributed by atoms with E-state index in [1.165, 1.54) is 0 Å². The molecule has 1 atom stereocenters. The maximum atomic E-state index is 12.9. The fourth-order valence-electron chi connectivity index (χ4n) is 4.17. The number of carbonyl (C=O) groups excluding carboxylic acids is 1. The molecule has 4 rings (SSSR count). The number of primary amides is 1. The van der Waals surface area contributed by atoms with E-state index in [0.29, 0.717) is 13.0 Å². The molecule has 2 aromatic carbocycles. The third-order valence-corrected chi connectivity index (χ3v) is 5.70. The minimum absolute atomic E-state index is 0.283. The molecule has 0 aromatic heterocycles. The molecule has 4 nitrogen and oxygen atoms in total. The first-order valence-electron chi connectivity index (χ1n) is 9.83. The summed E-state index contributed by atoms with van der Waals surface area (Å²) in [5.41, 5.74) is 8.27. The van der Waals surface area contributed by atoms with E-state index in [-0.39, 0.29) is 5.91 Å². The number of nitrogens with zero attached hydrogens (tertiary/aromatic N) is 2. The Balaban J connectivity index is 1.83. The molecular weight excluding hydrogens is 346 g/mol. The quantitative estimate of drug-likeness (QED) is 0.849. The fraction of sp³-hybridized carbons (Fsp3) is 0.250. The van der Waals surface area contributed by atoms with Gasteiger partial charge >= 0.3 is 0 Å². The zero-order valence-corrected chi connectivity index (χ0v) is 16.1. The van der Waals surface area contributed by atoms with Crippen molar-refractivity contribution in [3.05, 3.63) is 94.3 Å². The summed E-state index contributed by atoms with van der Waals surface area (Å²) in [5, 5.41) is 2.02. The summed E-state index contributed by atoms with van der Waals surface area (Å²) in [6, 6.07) is 18.0. The molecule has 2 N–H and O–H groups in total. The van der Waals surface area contributed by atoms with E-state index >= 15 is 0 Å². The van der Waals surface area contributed by atoms with Crippen LogP contribution in [0.5, 0.6) is 0 Å². The summed E-state index contributed by atoms with van der Waals surface area (Å²) in [6.07, 6.45) is 8.74. The van der Waals surface area contributed by atoms with Crippen LogP contribution in [0, 0.1) is 0 Å². The molecule has 142 valence electrons. The number of hydrogen-bond donors (Lipinski definition) is 1. The maximum absolute atomic E-state index is 12.9. The van der Waals surface area contributed by atoms with Crippen LogP contribution < -0.4 is 16.3 Å². The lowest BCUT2D eigenvalue weighted by Crippen LogP contribution is -2.44. The molecule has 28 heavy (non-hydrogen) atoms. The molecule has 0 radical (unpaired) electrons. The van der Waals surface area contributed by atoms with Gasteiger partial charge in [0.1, 0.15) is 0 Å². The zero-order chi connectivity index (χ0) is 19.6. The molecule has 0 saturated heterocycles. The van der Waals surface area contributed by atoms with Gasteiger partial charge in [-0.25, -0.2) is 0 Å². The van der Waals surface area contributed by atoms with Gasteiger partial charge in [0.15, 0.2) is 0 Å². The molecule has 0 spiro atoms. The maximum Gasteiger partial charge on any atom is 0.232 e. The van der Waals surface area contributed by atoms with Crippen LogP contribution in [0.15, 0.2) is 83.1 Å². The highest BCUT2D eigenvalue weighted by atomic mass is 16.1. The first-order chi connectivity index (χ1) is 13.6. The molecule has 0 aliphatic carbocycles. The Morgan fingerprint density at radius 1 is 1.14 bits per heavy atom. The van der Waals surface area contributed by atoms with Gasteiger partial charge in [-0.2, -0.15) is 0 Å². The second kappa shape index (κ2) is 7.47. The zero-order valence-electron chi connectivity index (χ0n) is 16.1. The standard InChI is InChI=1S/C24H25N3O/c1-2-3-13-24(23(25)28,19-10-5-4-6-11-19)20-14-21-15-26-22-12-8-7-9-18(22)16-27(21)17-20/h4-12,14-16H,2-3,13,17H2,1H3,(H2,25,28). The molecule has 2 aliphatic heterocycles. The molecule has 1 unspecified atom stereocenters. The van der Waals surface area contributed by atoms with Crippen molar-refractivity contribution in [2.45, 2.75) is 31.6 Å². The average Bonchev–Trinajstić information content (AvgIpc) is 3.03. The minimum Gasteiger partial charge on any atom is -0.369 e. The molecule has 4 heteroatoms. The van der Waals surface area contributed by atoms with Crippen molar-refractivity contribution in [2.24, 2.45) is 10.7 Å². The summed E-state index contributed by atoms with van der Waals surface area (Å²) in [7, 11) is 0. The summed E-state index contributed by atoms with van der Waals surface area (Å²) >= 11 is 0. The number of hydrogen-bond acceptors (Lipinski definition) is 3. The molecular formula is C24H25N3O. The minimum atomic E-state index is -0.794. The fourth-order valence-corrected chi connectivity index (χ4v) is 4.17. The normalized spacial score (nSPS) is 17.1. The van der Waals surface area contributed by atoms with E-state index in [0.717, 1.165) is 40.3 Å². The van der Waals surface area contributed by atoms with E-state index in [9.17, 15) is 4.79 Å². The Morgan fingerprint density at radius 3 is 2.64 bits per heavy atom. The summed E-state index contributed by atoms with van der Waals surface area (Å²) < 4.78 is 0. The third kappa shape index (κ3) is 3.05. The smallest absolute Gasteiger partial charge is 0.232 e. The molecule has 0 saturated carbocycles. The van der Waals surface area contributed by atoms with Crippen molar-refractivity contribution in [2.75, 3.05) is 6.54 Å². The SMILES string of the molecule is CCCCC(C(N)=O)(C1=CC2=CN=c3ccccc3=CN2C1)c1ccccc1. The van der Waals surface area contributed by atoms with Crippen molar-refractivity contribution < 1.29 is 4.79 Å².